The fourth-order valence-electron chi connectivity index (χ4n) is 2.49. The van der Waals surface area contributed by atoms with Gasteiger partial charge in [-0.25, -0.2) is 4.68 Å². The molecule has 0 fully saturated rings. The highest BCUT2D eigenvalue weighted by atomic mass is 19.4. The molecule has 1 heterocycles. The highest BCUT2D eigenvalue weighted by molar-refractivity contribution is 6.06. The summed E-state index contributed by atoms with van der Waals surface area (Å²) < 4.78 is 53.6. The van der Waals surface area contributed by atoms with Crippen LogP contribution >= 0.6 is 0 Å². The van der Waals surface area contributed by atoms with Crippen LogP contribution in [0.1, 0.15) is 48.3 Å². The molecule has 0 bridgehead atoms. The lowest BCUT2D eigenvalue weighted by Crippen LogP contribution is -2.19. The topological polar surface area (TPSA) is 46.9 Å². The molecular weight excluding hydrogens is 350 g/mol. The first-order valence-electron chi connectivity index (χ1n) is 8.04. The van der Waals surface area contributed by atoms with Gasteiger partial charge in [0.1, 0.15) is 5.56 Å². The van der Waals surface area contributed by atoms with Crippen molar-refractivity contribution < 1.29 is 22.4 Å². The van der Waals surface area contributed by atoms with Crippen molar-refractivity contribution in [3.63, 3.8) is 0 Å². The van der Waals surface area contributed by atoms with Crippen molar-refractivity contribution in [1.29, 1.82) is 0 Å². The Kier molecular flexibility index (Phi) is 5.84. The van der Waals surface area contributed by atoms with E-state index in [2.05, 4.69) is 10.4 Å². The lowest BCUT2D eigenvalue weighted by atomic mass is 10.0. The Labute approximate surface area is 148 Å². The number of amides is 1. The second-order valence-corrected chi connectivity index (χ2v) is 5.81. The molecule has 4 nitrogen and oxygen atoms in total. The van der Waals surface area contributed by atoms with E-state index in [1.165, 1.54) is 0 Å². The zero-order valence-electron chi connectivity index (χ0n) is 14.6. The first-order chi connectivity index (χ1) is 12.2. The number of carbonyl (C=O) groups excluding carboxylic acids is 1. The summed E-state index contributed by atoms with van der Waals surface area (Å²) in [6.45, 7) is 3.85. The number of nitrogens with zero attached hydrogens (tertiary/aromatic N) is 2. The molecule has 0 saturated carbocycles. The maximum Gasteiger partial charge on any atom is 0.436 e. The molecule has 1 amide bonds. The molecule has 0 aliphatic rings. The van der Waals surface area contributed by atoms with Crippen LogP contribution in [0.5, 0.6) is 0 Å². The van der Waals surface area contributed by atoms with Crippen LogP contribution in [-0.4, -0.2) is 15.7 Å². The number of hydrogen-bond acceptors (Lipinski definition) is 2. The van der Waals surface area contributed by atoms with Crippen LogP contribution in [0.15, 0.2) is 30.3 Å². The number of nitrogens with one attached hydrogen (secondary N) is 1. The zero-order chi connectivity index (χ0) is 19.5. The standard InChI is InChI=1S/C18H19F4N3O/c1-4-5-8-11(2)12-9-6-7-10-13(12)23-17(26)14-15(18(20,21)22)24-25(3)16(14)19/h6-10H,4-5H2,1-3H3,(H,23,26). The minimum absolute atomic E-state index is 0.304. The molecule has 1 N–H and O–H groups in total. The van der Waals surface area contributed by atoms with Gasteiger partial charge in [0.05, 0.1) is 0 Å². The molecule has 1 aromatic carbocycles. The smallest absolute Gasteiger partial charge is 0.321 e. The fraction of sp³-hybridized carbons (Fsp3) is 0.333. The third kappa shape index (κ3) is 4.12. The van der Waals surface area contributed by atoms with Crippen LogP contribution in [0.25, 0.3) is 5.57 Å². The molecule has 0 radical (unpaired) electrons. The molecular formula is C18H19F4N3O. The number of halogens is 4. The Balaban J connectivity index is 2.41. The largest absolute Gasteiger partial charge is 0.436 e. The molecule has 2 aromatic rings. The Bertz CT molecular complexity index is 837. The fourth-order valence-corrected chi connectivity index (χ4v) is 2.49. The van der Waals surface area contributed by atoms with Crippen molar-refractivity contribution in [3.05, 3.63) is 53.1 Å². The number of carbonyl (C=O) groups is 1. The molecule has 0 aliphatic carbocycles. The lowest BCUT2D eigenvalue weighted by Gasteiger charge is -2.12. The van der Waals surface area contributed by atoms with Gasteiger partial charge in [-0.1, -0.05) is 37.6 Å². The number of anilines is 1. The van der Waals surface area contributed by atoms with Crippen LogP contribution < -0.4 is 5.32 Å². The Hall–Kier alpha value is -2.64. The van der Waals surface area contributed by atoms with Gasteiger partial charge in [-0.15, -0.1) is 0 Å². The number of unbranched alkanes of at least 4 members (excludes halogenated alkanes) is 1. The number of allylic oxidation sites excluding steroid dienone is 2. The highest BCUT2D eigenvalue weighted by Gasteiger charge is 2.41. The van der Waals surface area contributed by atoms with Gasteiger partial charge < -0.3 is 5.32 Å². The SMILES string of the molecule is CCCC=C(C)c1ccccc1NC(=O)c1c(C(F)(F)F)nn(C)c1F. The summed E-state index contributed by atoms with van der Waals surface area (Å²) in [5.41, 5.74) is -0.841. The number of aryl methyl sites for hydroxylation is 1. The van der Waals surface area contributed by atoms with Crippen molar-refractivity contribution in [1.82, 2.24) is 9.78 Å². The third-order valence-corrected chi connectivity index (χ3v) is 3.81. The van der Waals surface area contributed by atoms with E-state index < -0.39 is 29.3 Å². The van der Waals surface area contributed by atoms with Crippen LogP contribution in [0.2, 0.25) is 0 Å². The minimum Gasteiger partial charge on any atom is -0.321 e. The first-order valence-corrected chi connectivity index (χ1v) is 8.04. The number of alkyl halides is 3. The summed E-state index contributed by atoms with van der Waals surface area (Å²) in [5.74, 6) is -2.54. The molecule has 140 valence electrons. The van der Waals surface area contributed by atoms with E-state index in [1.807, 2.05) is 19.9 Å². The predicted octanol–water partition coefficient (Wildman–Crippen LogP) is 5.03. The van der Waals surface area contributed by atoms with Crippen LogP contribution in [0.3, 0.4) is 0 Å². The van der Waals surface area contributed by atoms with Gasteiger partial charge in [0.25, 0.3) is 5.91 Å². The highest BCUT2D eigenvalue weighted by Crippen LogP contribution is 2.33. The van der Waals surface area contributed by atoms with Crippen molar-refractivity contribution >= 4 is 17.2 Å². The Morgan fingerprint density at radius 2 is 1.96 bits per heavy atom. The summed E-state index contributed by atoms with van der Waals surface area (Å²) in [5, 5.41) is 5.46. The number of benzene rings is 1. The van der Waals surface area contributed by atoms with Gasteiger partial charge in [0, 0.05) is 18.3 Å². The summed E-state index contributed by atoms with van der Waals surface area (Å²) in [7, 11) is 1.01. The first kappa shape index (κ1) is 19.7. The third-order valence-electron chi connectivity index (χ3n) is 3.81. The summed E-state index contributed by atoms with van der Waals surface area (Å²) in [6.07, 6.45) is -1.21. The van der Waals surface area contributed by atoms with Crippen molar-refractivity contribution in [2.75, 3.05) is 5.32 Å². The summed E-state index contributed by atoms with van der Waals surface area (Å²) in [4.78, 5) is 12.4. The van der Waals surface area contributed by atoms with E-state index in [9.17, 15) is 22.4 Å². The van der Waals surface area contributed by atoms with Gasteiger partial charge >= 0.3 is 6.18 Å². The molecule has 0 unspecified atom stereocenters. The molecule has 0 saturated heterocycles. The van der Waals surface area contributed by atoms with E-state index in [0.29, 0.717) is 15.9 Å². The Morgan fingerprint density at radius 1 is 1.31 bits per heavy atom. The molecule has 0 spiro atoms. The maximum atomic E-state index is 14.1. The predicted molar refractivity (Wildman–Crippen MR) is 91.1 cm³/mol. The second-order valence-electron chi connectivity index (χ2n) is 5.81. The van der Waals surface area contributed by atoms with E-state index in [0.717, 1.165) is 25.5 Å². The molecule has 8 heteroatoms. The van der Waals surface area contributed by atoms with Gasteiger partial charge in [0.2, 0.25) is 5.95 Å². The molecule has 0 atom stereocenters. The van der Waals surface area contributed by atoms with Gasteiger partial charge in [-0.3, -0.25) is 4.79 Å². The molecule has 1 aromatic heterocycles. The lowest BCUT2D eigenvalue weighted by molar-refractivity contribution is -0.141. The average Bonchev–Trinajstić information content (AvgIpc) is 2.88. The van der Waals surface area contributed by atoms with Gasteiger partial charge in [0.15, 0.2) is 5.69 Å². The zero-order valence-corrected chi connectivity index (χ0v) is 14.6. The van der Waals surface area contributed by atoms with Crippen molar-refractivity contribution in [2.24, 2.45) is 7.05 Å². The molecule has 2 rings (SSSR count). The van der Waals surface area contributed by atoms with E-state index >= 15 is 0 Å². The van der Waals surface area contributed by atoms with Gasteiger partial charge in [-0.2, -0.15) is 22.7 Å². The monoisotopic (exact) mass is 369 g/mol. The quantitative estimate of drug-likeness (QED) is 0.751. The molecule has 26 heavy (non-hydrogen) atoms. The van der Waals surface area contributed by atoms with E-state index in [-0.39, 0.29) is 0 Å². The summed E-state index contributed by atoms with van der Waals surface area (Å²) in [6, 6.07) is 6.68. The Morgan fingerprint density at radius 3 is 2.58 bits per heavy atom. The maximum absolute atomic E-state index is 14.1. The molecule has 0 aliphatic heterocycles. The average molecular weight is 369 g/mol. The number of hydrogen-bond donors (Lipinski definition) is 1. The normalized spacial score (nSPS) is 12.3. The van der Waals surface area contributed by atoms with Crippen LogP contribution in [0.4, 0.5) is 23.2 Å². The minimum atomic E-state index is -4.94. The summed E-state index contributed by atoms with van der Waals surface area (Å²) >= 11 is 0. The number of para-hydroxylation sites is 1. The van der Waals surface area contributed by atoms with Crippen molar-refractivity contribution in [3.8, 4) is 0 Å². The second kappa shape index (κ2) is 7.72. The van der Waals surface area contributed by atoms with Crippen molar-refractivity contribution in [2.45, 2.75) is 32.9 Å². The van der Waals surface area contributed by atoms with E-state index in [1.54, 1.807) is 24.3 Å². The number of rotatable bonds is 5. The number of aromatic nitrogens is 2. The van der Waals surface area contributed by atoms with Crippen LogP contribution in [-0.2, 0) is 13.2 Å². The van der Waals surface area contributed by atoms with Crippen LogP contribution in [0, 0.1) is 5.95 Å². The van der Waals surface area contributed by atoms with E-state index in [4.69, 9.17) is 0 Å². The van der Waals surface area contributed by atoms with Gasteiger partial charge in [-0.05, 0) is 25.0 Å².